The number of benzene rings is 1. The molecular weight excluding hydrogens is 309 g/mol. The van der Waals surface area contributed by atoms with Crippen LogP contribution in [0.15, 0.2) is 54.7 Å². The van der Waals surface area contributed by atoms with E-state index >= 15 is 0 Å². The molecule has 23 heavy (non-hydrogen) atoms. The van der Waals surface area contributed by atoms with Crippen molar-refractivity contribution in [1.82, 2.24) is 4.98 Å². The van der Waals surface area contributed by atoms with E-state index in [1.54, 1.807) is 12.1 Å². The second kappa shape index (κ2) is 5.42. The summed E-state index contributed by atoms with van der Waals surface area (Å²) in [5.74, 6) is -0.682. The second-order valence-electron chi connectivity index (χ2n) is 4.97. The van der Waals surface area contributed by atoms with E-state index in [0.717, 1.165) is 12.1 Å². The van der Waals surface area contributed by atoms with Crippen LogP contribution >= 0.6 is 0 Å². The standard InChI is InChI=1S/C16H11F3N2O2/c17-16(18,19)11-5-1-3-9(7-11)12-13(22)14(23-15(12)20)10-4-2-6-21-8-10/h1-8,14H,20H2. The number of hydrogen-bond donors (Lipinski definition) is 1. The van der Waals surface area contributed by atoms with Gasteiger partial charge in [0, 0.05) is 18.0 Å². The molecule has 4 nitrogen and oxygen atoms in total. The Labute approximate surface area is 129 Å². The smallest absolute Gasteiger partial charge is 0.416 e. The van der Waals surface area contributed by atoms with Gasteiger partial charge in [0.15, 0.2) is 12.0 Å². The molecule has 0 fully saturated rings. The van der Waals surface area contributed by atoms with Crippen LogP contribution in [0.1, 0.15) is 22.8 Å². The molecule has 1 aliphatic heterocycles. The van der Waals surface area contributed by atoms with Crippen molar-refractivity contribution in [1.29, 1.82) is 0 Å². The lowest BCUT2D eigenvalue weighted by molar-refractivity contribution is -0.137. The van der Waals surface area contributed by atoms with E-state index in [2.05, 4.69) is 4.98 Å². The van der Waals surface area contributed by atoms with Gasteiger partial charge in [0.1, 0.15) is 0 Å². The van der Waals surface area contributed by atoms with E-state index in [1.165, 1.54) is 24.5 Å². The van der Waals surface area contributed by atoms with Crippen LogP contribution in [0.25, 0.3) is 5.57 Å². The molecule has 1 aromatic heterocycles. The van der Waals surface area contributed by atoms with Gasteiger partial charge in [-0.25, -0.2) is 0 Å². The molecule has 0 spiro atoms. The summed E-state index contributed by atoms with van der Waals surface area (Å²) in [6, 6.07) is 7.70. The number of carbonyl (C=O) groups excluding carboxylic acids is 1. The zero-order chi connectivity index (χ0) is 16.6. The molecule has 0 radical (unpaired) electrons. The van der Waals surface area contributed by atoms with Crippen LogP contribution in [0, 0.1) is 0 Å². The molecule has 0 saturated heterocycles. The molecular formula is C16H11F3N2O2. The van der Waals surface area contributed by atoms with Crippen LogP contribution in [-0.4, -0.2) is 10.8 Å². The van der Waals surface area contributed by atoms with Crippen molar-refractivity contribution in [3.05, 3.63) is 71.4 Å². The summed E-state index contributed by atoms with van der Waals surface area (Å²) in [5, 5.41) is 0. The minimum atomic E-state index is -4.50. The molecule has 1 aliphatic rings. The number of Topliss-reactive ketones (excluding diaryl/α,β-unsaturated/α-hetero) is 1. The average Bonchev–Trinajstić information content (AvgIpc) is 2.82. The first kappa shape index (κ1) is 15.1. The minimum Gasteiger partial charge on any atom is -0.462 e. The Morgan fingerprint density at radius 3 is 2.61 bits per heavy atom. The summed E-state index contributed by atoms with van der Waals surface area (Å²) in [6.45, 7) is 0. The maximum Gasteiger partial charge on any atom is 0.416 e. The molecule has 0 saturated carbocycles. The van der Waals surface area contributed by atoms with Crippen molar-refractivity contribution in [2.45, 2.75) is 12.3 Å². The number of aromatic nitrogens is 1. The third-order valence-corrected chi connectivity index (χ3v) is 3.44. The first-order valence-electron chi connectivity index (χ1n) is 6.66. The molecule has 1 aromatic carbocycles. The fraction of sp³-hybridized carbons (Fsp3) is 0.125. The Bertz CT molecular complexity index is 785. The van der Waals surface area contributed by atoms with Crippen LogP contribution in [0.5, 0.6) is 0 Å². The zero-order valence-electron chi connectivity index (χ0n) is 11.7. The molecule has 2 aromatic rings. The largest absolute Gasteiger partial charge is 0.462 e. The highest BCUT2D eigenvalue weighted by Crippen LogP contribution is 2.37. The number of ether oxygens (including phenoxy) is 1. The maximum absolute atomic E-state index is 12.8. The fourth-order valence-corrected chi connectivity index (χ4v) is 2.38. The number of carbonyl (C=O) groups is 1. The Morgan fingerprint density at radius 2 is 1.96 bits per heavy atom. The maximum atomic E-state index is 12.8. The van der Waals surface area contributed by atoms with Gasteiger partial charge in [-0.05, 0) is 23.8 Å². The van der Waals surface area contributed by atoms with Gasteiger partial charge in [0.05, 0.1) is 11.1 Å². The van der Waals surface area contributed by atoms with Crippen LogP contribution in [-0.2, 0) is 15.7 Å². The zero-order valence-corrected chi connectivity index (χ0v) is 11.7. The number of rotatable bonds is 2. The molecule has 0 amide bonds. The molecule has 3 rings (SSSR count). The Kier molecular flexibility index (Phi) is 3.55. The number of alkyl halides is 3. The van der Waals surface area contributed by atoms with E-state index in [9.17, 15) is 18.0 Å². The van der Waals surface area contributed by atoms with Crippen LogP contribution in [0.2, 0.25) is 0 Å². The van der Waals surface area contributed by atoms with Gasteiger partial charge >= 0.3 is 6.18 Å². The highest BCUT2D eigenvalue weighted by atomic mass is 19.4. The molecule has 0 bridgehead atoms. The molecule has 0 aliphatic carbocycles. The predicted octanol–water partition coefficient (Wildman–Crippen LogP) is 3.07. The molecule has 118 valence electrons. The normalized spacial score (nSPS) is 18.2. The average molecular weight is 320 g/mol. The van der Waals surface area contributed by atoms with Gasteiger partial charge in [-0.1, -0.05) is 18.2 Å². The second-order valence-corrected chi connectivity index (χ2v) is 4.97. The van der Waals surface area contributed by atoms with Crippen LogP contribution in [0.4, 0.5) is 13.2 Å². The van der Waals surface area contributed by atoms with E-state index < -0.39 is 23.6 Å². The quantitative estimate of drug-likeness (QED) is 0.923. The van der Waals surface area contributed by atoms with Crippen LogP contribution in [0.3, 0.4) is 0 Å². The summed E-state index contributed by atoms with van der Waals surface area (Å²) in [4.78, 5) is 16.4. The molecule has 1 unspecified atom stereocenters. The fourth-order valence-electron chi connectivity index (χ4n) is 2.38. The summed E-state index contributed by atoms with van der Waals surface area (Å²) in [6.07, 6.45) is -2.51. The van der Waals surface area contributed by atoms with E-state index in [-0.39, 0.29) is 17.0 Å². The first-order chi connectivity index (χ1) is 10.9. The van der Waals surface area contributed by atoms with E-state index in [4.69, 9.17) is 10.5 Å². The number of pyridine rings is 1. The highest BCUT2D eigenvalue weighted by Gasteiger charge is 2.37. The number of nitrogens with two attached hydrogens (primary N) is 1. The van der Waals surface area contributed by atoms with Crippen molar-refractivity contribution < 1.29 is 22.7 Å². The number of nitrogens with zero attached hydrogens (tertiary/aromatic N) is 1. The third-order valence-electron chi connectivity index (χ3n) is 3.44. The highest BCUT2D eigenvalue weighted by molar-refractivity contribution is 6.25. The van der Waals surface area contributed by atoms with Gasteiger partial charge in [0.2, 0.25) is 5.78 Å². The number of hydrogen-bond acceptors (Lipinski definition) is 4. The van der Waals surface area contributed by atoms with E-state index in [0.29, 0.717) is 5.56 Å². The van der Waals surface area contributed by atoms with Gasteiger partial charge in [-0.15, -0.1) is 0 Å². The van der Waals surface area contributed by atoms with Gasteiger partial charge in [0.25, 0.3) is 0 Å². The summed E-state index contributed by atoms with van der Waals surface area (Å²) >= 11 is 0. The summed E-state index contributed by atoms with van der Waals surface area (Å²) in [7, 11) is 0. The van der Waals surface area contributed by atoms with Crippen molar-refractivity contribution in [3.8, 4) is 0 Å². The lowest BCUT2D eigenvalue weighted by Crippen LogP contribution is -2.10. The monoisotopic (exact) mass is 320 g/mol. The lowest BCUT2D eigenvalue weighted by Gasteiger charge is -2.10. The SMILES string of the molecule is NC1=C(c2cccc(C(F)(F)F)c2)C(=O)C(c2cccnc2)O1. The summed E-state index contributed by atoms with van der Waals surface area (Å²) in [5.41, 5.74) is 5.38. The van der Waals surface area contributed by atoms with Crippen LogP contribution < -0.4 is 5.73 Å². The number of ketones is 1. The topological polar surface area (TPSA) is 65.2 Å². The molecule has 1 atom stereocenters. The lowest BCUT2D eigenvalue weighted by atomic mass is 9.96. The molecule has 2 N–H and O–H groups in total. The van der Waals surface area contributed by atoms with Gasteiger partial charge in [-0.3, -0.25) is 9.78 Å². The van der Waals surface area contributed by atoms with Gasteiger partial charge < -0.3 is 10.5 Å². The van der Waals surface area contributed by atoms with Crippen molar-refractivity contribution in [3.63, 3.8) is 0 Å². The summed E-state index contributed by atoms with van der Waals surface area (Å²) < 4.78 is 43.8. The van der Waals surface area contributed by atoms with Crippen molar-refractivity contribution >= 4 is 11.4 Å². The first-order valence-corrected chi connectivity index (χ1v) is 6.66. The number of halogens is 3. The Hall–Kier alpha value is -2.83. The minimum absolute atomic E-state index is 0.0510. The van der Waals surface area contributed by atoms with Crippen molar-refractivity contribution in [2.75, 3.05) is 0 Å². The Morgan fingerprint density at radius 1 is 1.17 bits per heavy atom. The molecule has 2 heterocycles. The molecule has 7 heteroatoms. The Balaban J connectivity index is 1.98. The van der Waals surface area contributed by atoms with Crippen molar-refractivity contribution in [2.24, 2.45) is 5.73 Å². The predicted molar refractivity (Wildman–Crippen MR) is 75.6 cm³/mol. The third kappa shape index (κ3) is 2.77. The van der Waals surface area contributed by atoms with Gasteiger partial charge in [-0.2, -0.15) is 13.2 Å². The van der Waals surface area contributed by atoms with E-state index in [1.807, 2.05) is 0 Å².